The van der Waals surface area contributed by atoms with Gasteiger partial charge in [-0.25, -0.2) is 0 Å². The van der Waals surface area contributed by atoms with Gasteiger partial charge in [-0.15, -0.1) is 0 Å². The number of rotatable bonds is 7. The summed E-state index contributed by atoms with van der Waals surface area (Å²) in [6, 6.07) is 2.16. The van der Waals surface area contributed by atoms with Crippen LogP contribution in [0, 0.1) is 11.8 Å². The van der Waals surface area contributed by atoms with Crippen molar-refractivity contribution in [2.24, 2.45) is 11.8 Å². The monoisotopic (exact) mass is 420 g/mol. The minimum absolute atomic E-state index is 0.559. The number of hydrogen-bond acceptors (Lipinski definition) is 6. The van der Waals surface area contributed by atoms with Crippen LogP contribution in [0.2, 0.25) is 0 Å². The highest BCUT2D eigenvalue weighted by atomic mass is 32.1. The summed E-state index contributed by atoms with van der Waals surface area (Å²) in [5, 5.41) is 6.97. The van der Waals surface area contributed by atoms with Crippen LogP contribution >= 0.6 is 12.2 Å². The Hall–Kier alpha value is -1.67. The van der Waals surface area contributed by atoms with E-state index >= 15 is 0 Å². The number of ether oxygens (including phenoxy) is 1. The Morgan fingerprint density at radius 2 is 1.69 bits per heavy atom. The zero-order valence-corrected chi connectivity index (χ0v) is 18.9. The zero-order chi connectivity index (χ0) is 20.6. The number of nitrogens with zero attached hydrogens (tertiary/aromatic N) is 4. The Morgan fingerprint density at radius 3 is 2.21 bits per heavy atom. The van der Waals surface area contributed by atoms with E-state index in [1.54, 1.807) is 7.11 Å². The van der Waals surface area contributed by atoms with Crippen LogP contribution in [0.4, 0.5) is 17.6 Å². The summed E-state index contributed by atoms with van der Waals surface area (Å²) in [4.78, 5) is 14.4. The van der Waals surface area contributed by atoms with Crippen LogP contribution in [0.1, 0.15) is 46.0 Å². The number of hydrogen-bond donors (Lipinski definition) is 2. The fraction of sp³-hybridized carbons (Fsp3) is 0.762. The second kappa shape index (κ2) is 10.9. The van der Waals surface area contributed by atoms with Crippen molar-refractivity contribution in [2.75, 3.05) is 61.6 Å². The smallest absolute Gasteiger partial charge is 0.232 e. The van der Waals surface area contributed by atoms with E-state index < -0.39 is 0 Å². The molecule has 1 aromatic rings. The summed E-state index contributed by atoms with van der Waals surface area (Å²) in [6.45, 7) is 10.3. The number of piperidine rings is 2. The van der Waals surface area contributed by atoms with Gasteiger partial charge >= 0.3 is 0 Å². The highest BCUT2D eigenvalue weighted by Crippen LogP contribution is 2.28. The topological polar surface area (TPSA) is 65.6 Å². The molecule has 29 heavy (non-hydrogen) atoms. The van der Waals surface area contributed by atoms with E-state index in [0.717, 1.165) is 50.8 Å². The summed E-state index contributed by atoms with van der Waals surface area (Å²) in [5.74, 6) is 3.97. The first kappa shape index (κ1) is 22.0. The molecule has 0 bridgehead atoms. The average molecular weight is 421 g/mol. The van der Waals surface area contributed by atoms with Crippen LogP contribution in [0.3, 0.4) is 0 Å². The maximum Gasteiger partial charge on any atom is 0.232 e. The molecule has 0 amide bonds. The molecule has 162 valence electrons. The summed E-state index contributed by atoms with van der Waals surface area (Å²) >= 11 is 5.45. The van der Waals surface area contributed by atoms with Gasteiger partial charge in [0.15, 0.2) is 5.11 Å². The summed E-state index contributed by atoms with van der Waals surface area (Å²) in [5.41, 5.74) is 0. The van der Waals surface area contributed by atoms with Gasteiger partial charge < -0.3 is 25.2 Å². The number of thiocarbonyl (C=S) groups is 1. The van der Waals surface area contributed by atoms with Gasteiger partial charge in [0, 0.05) is 52.5 Å². The third kappa shape index (κ3) is 6.67. The molecule has 0 aromatic carbocycles. The zero-order valence-electron chi connectivity index (χ0n) is 18.1. The molecule has 8 heteroatoms. The Bertz CT molecular complexity index is 632. The molecule has 0 unspecified atom stereocenters. The van der Waals surface area contributed by atoms with Gasteiger partial charge in [-0.1, -0.05) is 13.8 Å². The molecular formula is C21H36N6OS. The molecule has 0 spiro atoms. The molecule has 2 aliphatic rings. The molecule has 3 heterocycles. The fourth-order valence-electron chi connectivity index (χ4n) is 4.16. The first-order chi connectivity index (χ1) is 14.0. The van der Waals surface area contributed by atoms with Crippen molar-refractivity contribution in [3.8, 4) is 0 Å². The molecule has 2 aliphatic heterocycles. The molecule has 1 aromatic heterocycles. The van der Waals surface area contributed by atoms with E-state index in [4.69, 9.17) is 26.9 Å². The first-order valence-electron chi connectivity index (χ1n) is 11.0. The number of anilines is 3. The second-order valence-electron chi connectivity index (χ2n) is 8.52. The normalized spacial score (nSPS) is 22.4. The van der Waals surface area contributed by atoms with Crippen molar-refractivity contribution in [1.29, 1.82) is 0 Å². The third-order valence-electron chi connectivity index (χ3n) is 5.70. The predicted molar refractivity (Wildman–Crippen MR) is 124 cm³/mol. The van der Waals surface area contributed by atoms with Crippen LogP contribution in [0.15, 0.2) is 6.07 Å². The van der Waals surface area contributed by atoms with Gasteiger partial charge in [-0.3, -0.25) is 0 Å². The molecule has 0 aliphatic carbocycles. The van der Waals surface area contributed by atoms with Crippen molar-refractivity contribution in [3.63, 3.8) is 0 Å². The SMILES string of the molecule is COCCCNC(=S)Nc1nc(N2CCC[C@@H](C)C2)cc(N2CCC[C@@H](C)C2)n1. The minimum atomic E-state index is 0.559. The molecule has 0 saturated carbocycles. The van der Waals surface area contributed by atoms with Crippen molar-refractivity contribution in [1.82, 2.24) is 15.3 Å². The van der Waals surface area contributed by atoms with E-state index in [2.05, 4.69) is 40.3 Å². The lowest BCUT2D eigenvalue weighted by Gasteiger charge is -2.35. The van der Waals surface area contributed by atoms with Crippen LogP contribution in [-0.4, -0.2) is 61.5 Å². The third-order valence-corrected chi connectivity index (χ3v) is 5.94. The lowest BCUT2D eigenvalue weighted by Crippen LogP contribution is -2.37. The Morgan fingerprint density at radius 1 is 1.10 bits per heavy atom. The minimum Gasteiger partial charge on any atom is -0.385 e. The van der Waals surface area contributed by atoms with Crippen molar-refractivity contribution in [2.45, 2.75) is 46.0 Å². The molecule has 2 N–H and O–H groups in total. The van der Waals surface area contributed by atoms with Crippen molar-refractivity contribution >= 4 is 34.9 Å². The predicted octanol–water partition coefficient (Wildman–Crippen LogP) is 3.27. The van der Waals surface area contributed by atoms with Crippen molar-refractivity contribution < 1.29 is 4.74 Å². The van der Waals surface area contributed by atoms with Crippen LogP contribution in [0.5, 0.6) is 0 Å². The fourth-order valence-corrected chi connectivity index (χ4v) is 4.35. The number of aromatic nitrogens is 2. The van der Waals surface area contributed by atoms with Crippen LogP contribution < -0.4 is 20.4 Å². The average Bonchev–Trinajstić information content (AvgIpc) is 2.71. The highest BCUT2D eigenvalue weighted by Gasteiger charge is 2.23. The first-order valence-corrected chi connectivity index (χ1v) is 11.4. The standard InChI is InChI=1S/C21H36N6OS/c1-16-7-4-10-26(14-16)18-13-19(27-11-5-8-17(2)15-27)24-20(23-18)25-21(29)22-9-6-12-28-3/h13,16-17H,4-12,14-15H2,1-3H3,(H2,22,23,24,25,29)/t16-,17-/m1/s1. The quantitative estimate of drug-likeness (QED) is 0.515. The van der Waals surface area contributed by atoms with Gasteiger partial charge in [0.1, 0.15) is 11.6 Å². The maximum absolute atomic E-state index is 5.45. The van der Waals surface area contributed by atoms with Crippen LogP contribution in [-0.2, 0) is 4.74 Å². The van der Waals surface area contributed by atoms with Gasteiger partial charge in [0.25, 0.3) is 0 Å². The summed E-state index contributed by atoms with van der Waals surface area (Å²) in [6.07, 6.45) is 5.91. The lowest BCUT2D eigenvalue weighted by molar-refractivity contribution is 0.196. The largest absolute Gasteiger partial charge is 0.385 e. The van der Waals surface area contributed by atoms with Gasteiger partial charge in [-0.2, -0.15) is 9.97 Å². The maximum atomic E-state index is 5.45. The lowest BCUT2D eigenvalue weighted by atomic mass is 10.00. The number of nitrogens with one attached hydrogen (secondary N) is 2. The molecule has 2 fully saturated rings. The molecule has 2 saturated heterocycles. The molecule has 2 atom stereocenters. The Balaban J connectivity index is 1.75. The molecule has 7 nitrogen and oxygen atoms in total. The summed E-state index contributed by atoms with van der Waals surface area (Å²) < 4.78 is 5.09. The van der Waals surface area contributed by atoms with E-state index in [9.17, 15) is 0 Å². The van der Waals surface area contributed by atoms with Gasteiger partial charge in [0.05, 0.1) is 0 Å². The molecule has 3 rings (SSSR count). The highest BCUT2D eigenvalue weighted by molar-refractivity contribution is 7.80. The Labute approximate surface area is 180 Å². The molecular weight excluding hydrogens is 384 g/mol. The van der Waals surface area contributed by atoms with E-state index in [-0.39, 0.29) is 0 Å². The second-order valence-corrected chi connectivity index (χ2v) is 8.93. The number of methoxy groups -OCH3 is 1. The van der Waals surface area contributed by atoms with Crippen molar-refractivity contribution in [3.05, 3.63) is 6.07 Å². The van der Waals surface area contributed by atoms with E-state index in [0.29, 0.717) is 29.5 Å². The molecule has 0 radical (unpaired) electrons. The Kier molecular flexibility index (Phi) is 8.29. The van der Waals surface area contributed by atoms with Gasteiger partial charge in [0.2, 0.25) is 5.95 Å². The van der Waals surface area contributed by atoms with Gasteiger partial charge in [-0.05, 0) is 56.2 Å². The van der Waals surface area contributed by atoms with E-state index in [1.165, 1.54) is 25.7 Å². The van der Waals surface area contributed by atoms with Crippen LogP contribution in [0.25, 0.3) is 0 Å². The van der Waals surface area contributed by atoms with E-state index in [1.807, 2.05) is 0 Å². The summed E-state index contributed by atoms with van der Waals surface area (Å²) in [7, 11) is 1.71.